The van der Waals surface area contributed by atoms with Gasteiger partial charge in [0.25, 0.3) is 5.91 Å². The minimum absolute atomic E-state index is 0.0985. The summed E-state index contributed by atoms with van der Waals surface area (Å²) in [6.45, 7) is 1.44. The van der Waals surface area contributed by atoms with E-state index in [4.69, 9.17) is 10.5 Å². The molecule has 1 saturated heterocycles. The van der Waals surface area contributed by atoms with Crippen LogP contribution >= 0.6 is 0 Å². The van der Waals surface area contributed by atoms with Crippen molar-refractivity contribution < 1.29 is 18.3 Å². The highest BCUT2D eigenvalue weighted by atomic mass is 19.1. The van der Waals surface area contributed by atoms with Crippen molar-refractivity contribution in [2.45, 2.75) is 36.8 Å². The number of nitrogens with one attached hydrogen (secondary N) is 1. The van der Waals surface area contributed by atoms with Gasteiger partial charge in [0.1, 0.15) is 11.6 Å². The number of amides is 1. The molecule has 6 nitrogen and oxygen atoms in total. The summed E-state index contributed by atoms with van der Waals surface area (Å²) in [6, 6.07) is 3.34. The molecule has 1 aromatic heterocycles. The van der Waals surface area contributed by atoms with Crippen molar-refractivity contribution in [3.8, 4) is 11.1 Å². The van der Waals surface area contributed by atoms with E-state index in [0.717, 1.165) is 31.2 Å². The van der Waals surface area contributed by atoms with Crippen LogP contribution in [-0.4, -0.2) is 48.8 Å². The molecular weight excluding hydrogens is 402 g/mol. The number of carbonyl (C=O) groups excluding carboxylic acids is 1. The van der Waals surface area contributed by atoms with E-state index in [0.29, 0.717) is 48.5 Å². The van der Waals surface area contributed by atoms with Gasteiger partial charge in [0.15, 0.2) is 0 Å². The lowest BCUT2D eigenvalue weighted by Gasteiger charge is -2.61. The molecule has 3 aliphatic carbocycles. The Bertz CT molecular complexity index is 1010. The molecule has 4 aliphatic rings. The van der Waals surface area contributed by atoms with E-state index >= 15 is 0 Å². The van der Waals surface area contributed by atoms with Crippen molar-refractivity contribution in [1.82, 2.24) is 10.3 Å². The lowest BCUT2D eigenvalue weighted by atomic mass is 9.50. The van der Waals surface area contributed by atoms with E-state index in [1.165, 1.54) is 18.3 Å². The van der Waals surface area contributed by atoms with Crippen molar-refractivity contribution in [2.24, 2.45) is 11.7 Å². The average molecular weight is 428 g/mol. The van der Waals surface area contributed by atoms with E-state index < -0.39 is 17.2 Å². The Balaban J connectivity index is 1.57. The van der Waals surface area contributed by atoms with Gasteiger partial charge in [-0.1, -0.05) is 0 Å². The molecule has 1 aliphatic heterocycles. The van der Waals surface area contributed by atoms with Gasteiger partial charge >= 0.3 is 0 Å². The van der Waals surface area contributed by atoms with Gasteiger partial charge < -0.3 is 20.7 Å². The van der Waals surface area contributed by atoms with E-state index in [-0.39, 0.29) is 11.4 Å². The number of halogens is 2. The number of carbonyl (C=O) groups is 1. The summed E-state index contributed by atoms with van der Waals surface area (Å²) in [7, 11) is 1.60. The van der Waals surface area contributed by atoms with Gasteiger partial charge in [-0.2, -0.15) is 0 Å². The number of ether oxygens (including phenoxy) is 1. The van der Waals surface area contributed by atoms with Crippen molar-refractivity contribution in [3.63, 3.8) is 0 Å². The number of nitrogens with zero attached hydrogens (tertiary/aromatic N) is 2. The molecule has 31 heavy (non-hydrogen) atoms. The van der Waals surface area contributed by atoms with Gasteiger partial charge in [-0.05, 0) is 49.3 Å². The normalized spacial score (nSPS) is 28.8. The molecule has 0 spiro atoms. The Morgan fingerprint density at radius 3 is 2.58 bits per heavy atom. The molecule has 1 amide bonds. The smallest absolute Gasteiger partial charge is 0.255 e. The molecule has 8 heteroatoms. The van der Waals surface area contributed by atoms with E-state index in [1.54, 1.807) is 13.3 Å². The third-order valence-electron chi connectivity index (χ3n) is 6.89. The monoisotopic (exact) mass is 428 g/mol. The summed E-state index contributed by atoms with van der Waals surface area (Å²) in [6.07, 6.45) is 6.79. The number of methoxy groups -OCH3 is 1. The number of hydrogen-bond acceptors (Lipinski definition) is 5. The summed E-state index contributed by atoms with van der Waals surface area (Å²) in [4.78, 5) is 19.5. The fraction of sp³-hybridized carbons (Fsp3) is 0.478. The van der Waals surface area contributed by atoms with Crippen LogP contribution in [0.5, 0.6) is 0 Å². The van der Waals surface area contributed by atoms with E-state index in [1.807, 2.05) is 4.90 Å². The molecule has 2 aromatic rings. The number of anilines is 1. The third-order valence-corrected chi connectivity index (χ3v) is 6.89. The van der Waals surface area contributed by atoms with Crippen LogP contribution in [-0.2, 0) is 4.74 Å². The average Bonchev–Trinajstić information content (AvgIpc) is 3.04. The predicted molar refractivity (Wildman–Crippen MR) is 113 cm³/mol. The van der Waals surface area contributed by atoms with Gasteiger partial charge in [-0.3, -0.25) is 9.78 Å². The Kier molecular flexibility index (Phi) is 4.75. The van der Waals surface area contributed by atoms with Crippen LogP contribution in [0.3, 0.4) is 0 Å². The van der Waals surface area contributed by atoms with Crippen LogP contribution in [0.2, 0.25) is 0 Å². The van der Waals surface area contributed by atoms with E-state index in [9.17, 15) is 13.6 Å². The third kappa shape index (κ3) is 3.57. The second-order valence-electron chi connectivity index (χ2n) is 9.42. The van der Waals surface area contributed by atoms with Crippen molar-refractivity contribution in [3.05, 3.63) is 47.8 Å². The molecule has 2 heterocycles. The minimum Gasteiger partial charge on any atom is -0.383 e. The molecule has 4 fully saturated rings. The van der Waals surface area contributed by atoms with Gasteiger partial charge in [-0.25, -0.2) is 8.78 Å². The molecule has 3 N–H and O–H groups in total. The second kappa shape index (κ2) is 7.24. The molecule has 6 rings (SSSR count). The molecule has 2 bridgehead atoms. The highest BCUT2D eigenvalue weighted by Crippen LogP contribution is 2.57. The number of hydrogen-bond donors (Lipinski definition) is 2. The number of benzene rings is 1. The van der Waals surface area contributed by atoms with Crippen molar-refractivity contribution in [1.29, 1.82) is 0 Å². The lowest BCUT2D eigenvalue weighted by Crippen LogP contribution is -2.68. The zero-order valence-corrected chi connectivity index (χ0v) is 17.5. The molecule has 164 valence electrons. The topological polar surface area (TPSA) is 80.5 Å². The Morgan fingerprint density at radius 2 is 1.97 bits per heavy atom. The first-order valence-corrected chi connectivity index (χ1v) is 10.6. The fourth-order valence-electron chi connectivity index (χ4n) is 5.31. The van der Waals surface area contributed by atoms with Crippen LogP contribution in [0, 0.1) is 17.6 Å². The molecule has 3 saturated carbocycles. The summed E-state index contributed by atoms with van der Waals surface area (Å²) in [5.74, 6) is -0.845. The van der Waals surface area contributed by atoms with Gasteiger partial charge in [0.2, 0.25) is 0 Å². The Morgan fingerprint density at radius 1 is 1.26 bits per heavy atom. The molecule has 1 atom stereocenters. The van der Waals surface area contributed by atoms with Crippen molar-refractivity contribution in [2.75, 3.05) is 31.7 Å². The SMILES string of the molecule is COCC1(N)CCN(c2c(C(=O)NC34CC(C3)C4)cncc2-c2cc(F)cc(F)c2)C1. The molecular formula is C23H26F2N4O2. The van der Waals surface area contributed by atoms with Gasteiger partial charge in [0.05, 0.1) is 23.4 Å². The zero-order chi connectivity index (χ0) is 21.8. The molecule has 0 radical (unpaired) electrons. The first-order chi connectivity index (χ1) is 14.8. The number of rotatable bonds is 6. The van der Waals surface area contributed by atoms with Gasteiger partial charge in [-0.15, -0.1) is 0 Å². The Labute approximate surface area is 179 Å². The number of nitrogens with two attached hydrogens (primary N) is 1. The fourth-order valence-corrected chi connectivity index (χ4v) is 5.31. The first-order valence-electron chi connectivity index (χ1n) is 10.6. The van der Waals surface area contributed by atoms with Crippen LogP contribution in [0.4, 0.5) is 14.5 Å². The zero-order valence-electron chi connectivity index (χ0n) is 17.5. The van der Waals surface area contributed by atoms with Gasteiger partial charge in [0, 0.05) is 49.8 Å². The van der Waals surface area contributed by atoms with Crippen LogP contribution in [0.25, 0.3) is 11.1 Å². The minimum atomic E-state index is -0.682. The second-order valence-corrected chi connectivity index (χ2v) is 9.42. The first kappa shape index (κ1) is 20.3. The maximum Gasteiger partial charge on any atom is 0.255 e. The van der Waals surface area contributed by atoms with Crippen LogP contribution in [0.1, 0.15) is 36.0 Å². The molecule has 1 unspecified atom stereocenters. The standard InChI is InChI=1S/C23H26F2N4O2/c1-31-13-22(26)2-3-29(12-22)20-18(15-4-16(24)6-17(25)5-15)10-27-11-19(20)21(30)28-23-7-14(8-23)9-23/h4-6,10-11,14H,2-3,7-9,12-13,26H2,1H3,(H,28,30). The largest absolute Gasteiger partial charge is 0.383 e. The number of pyridine rings is 1. The van der Waals surface area contributed by atoms with Crippen molar-refractivity contribution >= 4 is 11.6 Å². The van der Waals surface area contributed by atoms with Crippen LogP contribution < -0.4 is 16.0 Å². The highest BCUT2D eigenvalue weighted by Gasteiger charge is 2.57. The summed E-state index contributed by atoms with van der Waals surface area (Å²) in [5, 5.41) is 3.18. The highest BCUT2D eigenvalue weighted by molar-refractivity contribution is 6.03. The summed E-state index contributed by atoms with van der Waals surface area (Å²) < 4.78 is 33.3. The maximum absolute atomic E-state index is 14.0. The summed E-state index contributed by atoms with van der Waals surface area (Å²) in [5.41, 5.74) is 7.67. The maximum atomic E-state index is 14.0. The lowest BCUT2D eigenvalue weighted by molar-refractivity contribution is -0.0438. The molecule has 1 aromatic carbocycles. The quantitative estimate of drug-likeness (QED) is 0.740. The van der Waals surface area contributed by atoms with Crippen LogP contribution in [0.15, 0.2) is 30.6 Å². The predicted octanol–water partition coefficient (Wildman–Crippen LogP) is 2.86. The summed E-state index contributed by atoms with van der Waals surface area (Å²) >= 11 is 0. The Hall–Kier alpha value is -2.58. The van der Waals surface area contributed by atoms with E-state index in [2.05, 4.69) is 10.3 Å². The number of aromatic nitrogens is 1.